The molecule has 3 heteroatoms. The van der Waals surface area contributed by atoms with Crippen LogP contribution in [0.15, 0.2) is 22.7 Å². The molecule has 0 fully saturated rings. The number of halogens is 2. The first-order valence-corrected chi connectivity index (χ1v) is 5.96. The fourth-order valence-corrected chi connectivity index (χ4v) is 1.72. The van der Waals surface area contributed by atoms with Crippen molar-refractivity contribution in [3.63, 3.8) is 0 Å². The van der Waals surface area contributed by atoms with E-state index in [0.717, 1.165) is 10.9 Å². The predicted octanol–water partition coefficient (Wildman–Crippen LogP) is 3.54. The van der Waals surface area contributed by atoms with Gasteiger partial charge in [-0.25, -0.2) is 4.39 Å². The number of hydrogen-bond donors (Lipinski definition) is 1. The van der Waals surface area contributed by atoms with Gasteiger partial charge in [0.1, 0.15) is 5.82 Å². The average molecular weight is 275 g/mol. The molecule has 2 atom stereocenters. The summed E-state index contributed by atoms with van der Waals surface area (Å²) >= 11 is 3.20. The lowest BCUT2D eigenvalue weighted by molar-refractivity contribution is 0.114. The Morgan fingerprint density at radius 3 is 2.67 bits per heavy atom. The number of aliphatic hydroxyl groups excluding tert-OH is 1. The number of aliphatic hydroxyl groups is 1. The quantitative estimate of drug-likeness (QED) is 0.891. The Morgan fingerprint density at radius 1 is 1.47 bits per heavy atom. The summed E-state index contributed by atoms with van der Waals surface area (Å²) in [4.78, 5) is 0. The van der Waals surface area contributed by atoms with E-state index in [4.69, 9.17) is 0 Å². The normalized spacial score (nSPS) is 15.0. The third kappa shape index (κ3) is 3.58. The Balaban J connectivity index is 2.72. The van der Waals surface area contributed by atoms with E-state index in [1.807, 2.05) is 13.8 Å². The summed E-state index contributed by atoms with van der Waals surface area (Å²) in [5.41, 5.74) is 0.575. The van der Waals surface area contributed by atoms with Crippen molar-refractivity contribution in [1.29, 1.82) is 0 Å². The van der Waals surface area contributed by atoms with Crippen molar-refractivity contribution in [2.75, 3.05) is 0 Å². The van der Waals surface area contributed by atoms with Crippen molar-refractivity contribution in [2.24, 2.45) is 5.92 Å². The standard InChI is InChI=1S/C12H16BrFO/c1-3-8(2)12(15)6-9-4-5-10(13)7-11(9)14/h4-5,7-8,12,15H,3,6H2,1-2H3. The lowest BCUT2D eigenvalue weighted by atomic mass is 9.95. The highest BCUT2D eigenvalue weighted by Crippen LogP contribution is 2.19. The Bertz CT molecular complexity index is 327. The highest BCUT2D eigenvalue weighted by Gasteiger charge is 2.14. The van der Waals surface area contributed by atoms with Gasteiger partial charge in [0.15, 0.2) is 0 Å². The van der Waals surface area contributed by atoms with Gasteiger partial charge in [-0.3, -0.25) is 0 Å². The molecule has 0 heterocycles. The SMILES string of the molecule is CCC(C)C(O)Cc1ccc(Br)cc1F. The smallest absolute Gasteiger partial charge is 0.127 e. The van der Waals surface area contributed by atoms with E-state index in [9.17, 15) is 9.50 Å². The maximum atomic E-state index is 13.4. The van der Waals surface area contributed by atoms with Gasteiger partial charge in [-0.1, -0.05) is 42.3 Å². The molecular weight excluding hydrogens is 259 g/mol. The molecule has 1 rings (SSSR count). The summed E-state index contributed by atoms with van der Waals surface area (Å²) in [5.74, 6) is -0.0558. The van der Waals surface area contributed by atoms with Gasteiger partial charge in [0.25, 0.3) is 0 Å². The van der Waals surface area contributed by atoms with Gasteiger partial charge in [0.2, 0.25) is 0 Å². The Labute approximate surface area is 98.4 Å². The largest absolute Gasteiger partial charge is 0.393 e. The lowest BCUT2D eigenvalue weighted by Crippen LogP contribution is -2.20. The molecule has 0 saturated heterocycles. The maximum Gasteiger partial charge on any atom is 0.127 e. The van der Waals surface area contributed by atoms with Crippen LogP contribution in [0.4, 0.5) is 4.39 Å². The molecule has 0 spiro atoms. The molecule has 0 aliphatic rings. The molecular formula is C12H16BrFO. The molecule has 15 heavy (non-hydrogen) atoms. The summed E-state index contributed by atoms with van der Waals surface area (Å²) in [6.45, 7) is 3.99. The van der Waals surface area contributed by atoms with Gasteiger partial charge in [-0.15, -0.1) is 0 Å². The highest BCUT2D eigenvalue weighted by atomic mass is 79.9. The Hall–Kier alpha value is -0.410. The van der Waals surface area contributed by atoms with E-state index in [1.54, 1.807) is 12.1 Å². The number of rotatable bonds is 4. The van der Waals surface area contributed by atoms with E-state index in [0.29, 0.717) is 12.0 Å². The highest BCUT2D eigenvalue weighted by molar-refractivity contribution is 9.10. The summed E-state index contributed by atoms with van der Waals surface area (Å²) in [6, 6.07) is 4.94. The monoisotopic (exact) mass is 274 g/mol. The predicted molar refractivity (Wildman–Crippen MR) is 63.3 cm³/mol. The van der Waals surface area contributed by atoms with Crippen LogP contribution in [0.25, 0.3) is 0 Å². The summed E-state index contributed by atoms with van der Waals surface area (Å²) in [6.07, 6.45) is 0.818. The molecule has 1 N–H and O–H groups in total. The zero-order chi connectivity index (χ0) is 11.4. The van der Waals surface area contributed by atoms with Crippen molar-refractivity contribution in [2.45, 2.75) is 32.8 Å². The van der Waals surface area contributed by atoms with Crippen LogP contribution < -0.4 is 0 Å². The zero-order valence-electron chi connectivity index (χ0n) is 9.00. The minimum absolute atomic E-state index is 0.202. The second-order valence-electron chi connectivity index (χ2n) is 3.89. The minimum atomic E-state index is -0.467. The second-order valence-corrected chi connectivity index (χ2v) is 4.81. The van der Waals surface area contributed by atoms with Crippen molar-refractivity contribution in [1.82, 2.24) is 0 Å². The zero-order valence-corrected chi connectivity index (χ0v) is 10.6. The minimum Gasteiger partial charge on any atom is -0.393 e. The summed E-state index contributed by atoms with van der Waals surface area (Å²) in [7, 11) is 0. The van der Waals surface area contributed by atoms with Crippen LogP contribution >= 0.6 is 15.9 Å². The van der Waals surface area contributed by atoms with Crippen LogP contribution in [0.3, 0.4) is 0 Å². The molecule has 0 aliphatic carbocycles. The second kappa shape index (κ2) is 5.61. The molecule has 0 saturated carbocycles. The Kier molecular flexibility index (Phi) is 4.74. The molecule has 0 radical (unpaired) electrons. The van der Waals surface area contributed by atoms with E-state index in [2.05, 4.69) is 15.9 Å². The van der Waals surface area contributed by atoms with E-state index in [-0.39, 0.29) is 11.7 Å². The van der Waals surface area contributed by atoms with Crippen LogP contribution in [0.1, 0.15) is 25.8 Å². The molecule has 2 unspecified atom stereocenters. The average Bonchev–Trinajstić information content (AvgIpc) is 2.20. The molecule has 0 bridgehead atoms. The summed E-state index contributed by atoms with van der Waals surface area (Å²) in [5, 5.41) is 9.79. The molecule has 1 nitrogen and oxygen atoms in total. The van der Waals surface area contributed by atoms with Crippen molar-refractivity contribution in [3.05, 3.63) is 34.1 Å². The van der Waals surface area contributed by atoms with Crippen molar-refractivity contribution < 1.29 is 9.50 Å². The van der Waals surface area contributed by atoms with Gasteiger partial charge < -0.3 is 5.11 Å². The molecule has 0 aliphatic heterocycles. The van der Waals surface area contributed by atoms with Crippen LogP contribution in [-0.4, -0.2) is 11.2 Å². The molecule has 1 aromatic carbocycles. The van der Waals surface area contributed by atoms with Crippen LogP contribution in [0.2, 0.25) is 0 Å². The van der Waals surface area contributed by atoms with Crippen LogP contribution in [0, 0.1) is 11.7 Å². The van der Waals surface area contributed by atoms with Crippen molar-refractivity contribution >= 4 is 15.9 Å². The number of hydrogen-bond acceptors (Lipinski definition) is 1. The van der Waals surface area contributed by atoms with Crippen molar-refractivity contribution in [3.8, 4) is 0 Å². The fraction of sp³-hybridized carbons (Fsp3) is 0.500. The topological polar surface area (TPSA) is 20.2 Å². The first-order chi connectivity index (χ1) is 7.04. The van der Waals surface area contributed by atoms with Gasteiger partial charge in [0, 0.05) is 10.9 Å². The fourth-order valence-electron chi connectivity index (χ4n) is 1.39. The number of benzene rings is 1. The molecule has 0 aromatic heterocycles. The first-order valence-electron chi connectivity index (χ1n) is 5.16. The molecule has 1 aromatic rings. The summed E-state index contributed by atoms with van der Waals surface area (Å²) < 4.78 is 14.2. The van der Waals surface area contributed by atoms with E-state index in [1.165, 1.54) is 6.07 Å². The van der Waals surface area contributed by atoms with Crippen LogP contribution in [0.5, 0.6) is 0 Å². The van der Waals surface area contributed by atoms with Gasteiger partial charge in [-0.2, -0.15) is 0 Å². The van der Waals surface area contributed by atoms with Gasteiger partial charge in [0.05, 0.1) is 6.10 Å². The van der Waals surface area contributed by atoms with Crippen LogP contribution in [-0.2, 0) is 6.42 Å². The van der Waals surface area contributed by atoms with Gasteiger partial charge >= 0.3 is 0 Å². The van der Waals surface area contributed by atoms with E-state index < -0.39 is 6.10 Å². The third-order valence-corrected chi connectivity index (χ3v) is 3.24. The Morgan fingerprint density at radius 2 is 2.13 bits per heavy atom. The lowest BCUT2D eigenvalue weighted by Gasteiger charge is -2.17. The third-order valence-electron chi connectivity index (χ3n) is 2.74. The molecule has 0 amide bonds. The molecule has 84 valence electrons. The van der Waals surface area contributed by atoms with Gasteiger partial charge in [-0.05, 0) is 23.6 Å². The first kappa shape index (κ1) is 12.7. The van der Waals surface area contributed by atoms with E-state index >= 15 is 0 Å². The maximum absolute atomic E-state index is 13.4.